The Morgan fingerprint density at radius 3 is 2.50 bits per heavy atom. The van der Waals surface area contributed by atoms with Crippen molar-refractivity contribution in [3.8, 4) is 0 Å². The zero-order chi connectivity index (χ0) is 9.76. The van der Waals surface area contributed by atoms with Crippen molar-refractivity contribution in [2.45, 2.75) is 31.3 Å². The van der Waals surface area contributed by atoms with Crippen LogP contribution < -0.4 is 0 Å². The zero-order valence-electron chi connectivity index (χ0n) is 7.87. The van der Waals surface area contributed by atoms with E-state index in [-0.39, 0.29) is 0 Å². The second kappa shape index (κ2) is 3.19. The molecule has 3 rings (SSSR count). The molecule has 2 aliphatic rings. The van der Waals surface area contributed by atoms with Gasteiger partial charge in [-0.2, -0.15) is 0 Å². The third-order valence-electron chi connectivity index (χ3n) is 3.77. The van der Waals surface area contributed by atoms with Crippen molar-refractivity contribution in [3.05, 3.63) is 19.9 Å². The highest BCUT2D eigenvalue weighted by Gasteiger charge is 2.65. The molecule has 14 heavy (non-hydrogen) atoms. The van der Waals surface area contributed by atoms with E-state index in [9.17, 15) is 5.11 Å². The monoisotopic (exact) mass is 320 g/mol. The first kappa shape index (κ1) is 9.60. The smallest absolute Gasteiger partial charge is 0.106 e. The lowest BCUT2D eigenvalue weighted by Gasteiger charge is -2.08. The number of rotatable bonds is 1. The molecule has 1 N–H and O–H groups in total. The van der Waals surface area contributed by atoms with Crippen LogP contribution in [0.3, 0.4) is 0 Å². The Kier molecular flexibility index (Phi) is 2.19. The summed E-state index contributed by atoms with van der Waals surface area (Å²) in [6, 6.07) is 2.11. The molecular formula is C11H13IOS. The lowest BCUT2D eigenvalue weighted by Crippen LogP contribution is -2.09. The minimum absolute atomic E-state index is 0.429. The predicted octanol–water partition coefficient (Wildman–Crippen LogP) is 3.36. The van der Waals surface area contributed by atoms with E-state index in [0.717, 1.165) is 0 Å². The van der Waals surface area contributed by atoms with Crippen molar-refractivity contribution >= 4 is 33.9 Å². The summed E-state index contributed by atoms with van der Waals surface area (Å²) in [6.45, 7) is 0. The highest BCUT2D eigenvalue weighted by molar-refractivity contribution is 14.1. The fourth-order valence-electron chi connectivity index (χ4n) is 3.01. The van der Waals surface area contributed by atoms with Gasteiger partial charge in [-0.3, -0.25) is 0 Å². The Morgan fingerprint density at radius 1 is 1.36 bits per heavy atom. The molecule has 76 valence electrons. The van der Waals surface area contributed by atoms with Crippen molar-refractivity contribution in [3.63, 3.8) is 0 Å². The molecule has 2 atom stereocenters. The van der Waals surface area contributed by atoms with Gasteiger partial charge in [-0.05, 0) is 58.7 Å². The number of hydrogen-bond acceptors (Lipinski definition) is 2. The molecule has 3 heteroatoms. The van der Waals surface area contributed by atoms with E-state index in [2.05, 4.69) is 34.0 Å². The van der Waals surface area contributed by atoms with Gasteiger partial charge in [0.2, 0.25) is 0 Å². The highest BCUT2D eigenvalue weighted by Crippen LogP contribution is 2.65. The van der Waals surface area contributed by atoms with Gasteiger partial charge >= 0.3 is 0 Å². The molecular weight excluding hydrogens is 307 g/mol. The summed E-state index contributed by atoms with van der Waals surface area (Å²) in [5, 5.41) is 12.7. The molecule has 0 spiro atoms. The SMILES string of the molecule is OC1(c2sccc2I)C2CCCCC21. The van der Waals surface area contributed by atoms with Crippen LogP contribution in [0.4, 0.5) is 0 Å². The number of hydrogen-bond donors (Lipinski definition) is 1. The van der Waals surface area contributed by atoms with Gasteiger partial charge in [-0.15, -0.1) is 11.3 Å². The molecule has 0 saturated heterocycles. The molecule has 1 aromatic rings. The molecule has 0 aliphatic heterocycles. The minimum Gasteiger partial charge on any atom is -0.384 e. The number of halogens is 1. The van der Waals surface area contributed by atoms with Crippen LogP contribution in [-0.2, 0) is 5.60 Å². The molecule has 2 unspecified atom stereocenters. The van der Waals surface area contributed by atoms with Crippen LogP contribution in [0.25, 0.3) is 0 Å². The molecule has 2 fully saturated rings. The maximum absolute atomic E-state index is 10.6. The summed E-state index contributed by atoms with van der Waals surface area (Å²) >= 11 is 4.07. The first-order valence-corrected chi connectivity index (χ1v) is 7.16. The van der Waals surface area contributed by atoms with Crippen LogP contribution >= 0.6 is 33.9 Å². The van der Waals surface area contributed by atoms with Crippen molar-refractivity contribution < 1.29 is 5.11 Å². The average molecular weight is 320 g/mol. The maximum Gasteiger partial charge on any atom is 0.106 e. The molecule has 2 aliphatic carbocycles. The molecule has 0 bridgehead atoms. The largest absolute Gasteiger partial charge is 0.384 e. The Bertz CT molecular complexity index is 348. The molecule has 0 aromatic carbocycles. The van der Waals surface area contributed by atoms with E-state index in [0.29, 0.717) is 11.8 Å². The third kappa shape index (κ3) is 1.15. The van der Waals surface area contributed by atoms with Gasteiger partial charge in [0.25, 0.3) is 0 Å². The van der Waals surface area contributed by atoms with Gasteiger partial charge < -0.3 is 5.11 Å². The van der Waals surface area contributed by atoms with Crippen LogP contribution in [0.15, 0.2) is 11.4 Å². The molecule has 0 radical (unpaired) electrons. The first-order valence-electron chi connectivity index (χ1n) is 5.20. The van der Waals surface area contributed by atoms with Crippen molar-refractivity contribution in [1.82, 2.24) is 0 Å². The van der Waals surface area contributed by atoms with Crippen molar-refractivity contribution in [1.29, 1.82) is 0 Å². The second-order valence-corrected chi connectivity index (χ2v) is 6.50. The van der Waals surface area contributed by atoms with Crippen LogP contribution in [0.1, 0.15) is 30.6 Å². The standard InChI is InChI=1S/C11H13IOS/c12-9-5-6-14-10(9)11(13)7-3-1-2-4-8(7)11/h5-8,13H,1-4H2. The van der Waals surface area contributed by atoms with Gasteiger partial charge in [0.05, 0.1) is 4.88 Å². The van der Waals surface area contributed by atoms with E-state index in [4.69, 9.17) is 0 Å². The van der Waals surface area contributed by atoms with Gasteiger partial charge in [-0.1, -0.05) is 12.8 Å². The lowest BCUT2D eigenvalue weighted by molar-refractivity contribution is 0.121. The van der Waals surface area contributed by atoms with E-state index >= 15 is 0 Å². The number of aliphatic hydroxyl groups is 1. The summed E-state index contributed by atoms with van der Waals surface area (Å²) in [6.07, 6.45) is 5.08. The molecule has 2 saturated carbocycles. The fraction of sp³-hybridized carbons (Fsp3) is 0.636. The molecule has 1 heterocycles. The van der Waals surface area contributed by atoms with Crippen molar-refractivity contribution in [2.24, 2.45) is 11.8 Å². The van der Waals surface area contributed by atoms with Crippen molar-refractivity contribution in [2.75, 3.05) is 0 Å². The molecule has 1 aromatic heterocycles. The third-order valence-corrected chi connectivity index (χ3v) is 6.09. The molecule has 0 amide bonds. The van der Waals surface area contributed by atoms with Gasteiger partial charge in [0, 0.05) is 3.57 Å². The first-order chi connectivity index (χ1) is 6.74. The molecule has 1 nitrogen and oxygen atoms in total. The van der Waals surface area contributed by atoms with Crippen LogP contribution in [0.2, 0.25) is 0 Å². The summed E-state index contributed by atoms with van der Waals surface area (Å²) in [4.78, 5) is 1.23. The summed E-state index contributed by atoms with van der Waals surface area (Å²) in [5.74, 6) is 1.15. The summed E-state index contributed by atoms with van der Waals surface area (Å²) in [5.41, 5.74) is -0.429. The Morgan fingerprint density at radius 2 is 2.00 bits per heavy atom. The predicted molar refractivity (Wildman–Crippen MR) is 66.4 cm³/mol. The zero-order valence-corrected chi connectivity index (χ0v) is 10.8. The quantitative estimate of drug-likeness (QED) is 0.787. The summed E-state index contributed by atoms with van der Waals surface area (Å²) in [7, 11) is 0. The Labute approximate surface area is 102 Å². The van der Waals surface area contributed by atoms with Gasteiger partial charge in [-0.25, -0.2) is 0 Å². The average Bonchev–Trinajstić information content (AvgIpc) is 2.57. The lowest BCUT2D eigenvalue weighted by atomic mass is 10.0. The Hall–Kier alpha value is 0.390. The van der Waals surface area contributed by atoms with E-state index in [1.165, 1.54) is 34.1 Å². The van der Waals surface area contributed by atoms with Crippen LogP contribution in [-0.4, -0.2) is 5.11 Å². The second-order valence-electron chi connectivity index (χ2n) is 4.42. The van der Waals surface area contributed by atoms with E-state index in [1.807, 2.05) is 0 Å². The Balaban J connectivity index is 1.96. The van der Waals surface area contributed by atoms with Gasteiger partial charge in [0.15, 0.2) is 0 Å². The fourth-order valence-corrected chi connectivity index (χ4v) is 5.26. The summed E-state index contributed by atoms with van der Waals surface area (Å²) < 4.78 is 1.25. The normalized spacial score (nSPS) is 40.7. The van der Waals surface area contributed by atoms with E-state index < -0.39 is 5.60 Å². The minimum atomic E-state index is -0.429. The van der Waals surface area contributed by atoms with Gasteiger partial charge in [0.1, 0.15) is 5.60 Å². The van der Waals surface area contributed by atoms with Crippen LogP contribution in [0, 0.1) is 15.4 Å². The topological polar surface area (TPSA) is 20.2 Å². The van der Waals surface area contributed by atoms with Crippen LogP contribution in [0.5, 0.6) is 0 Å². The number of thiophene rings is 1. The highest BCUT2D eigenvalue weighted by atomic mass is 127. The van der Waals surface area contributed by atoms with E-state index in [1.54, 1.807) is 11.3 Å². The maximum atomic E-state index is 10.6. The number of fused-ring (bicyclic) bond motifs is 1.